The van der Waals surface area contributed by atoms with Crippen molar-refractivity contribution in [1.29, 1.82) is 0 Å². The average Bonchev–Trinajstić information content (AvgIpc) is 2.92. The quantitative estimate of drug-likeness (QED) is 0.795. The van der Waals surface area contributed by atoms with E-state index in [1.165, 1.54) is 14.2 Å². The molecule has 1 saturated heterocycles. The lowest BCUT2D eigenvalue weighted by atomic mass is 10.2. The number of ether oxygens (including phenoxy) is 2. The van der Waals surface area contributed by atoms with Gasteiger partial charge in [0.25, 0.3) is 0 Å². The standard InChI is InChI=1S/C11H16N4O3/c1-17-8-6-9(18-2)14-11(13-8)15-10(16)7-4-3-5-12-7/h6-7,12H,3-5H2,1-2H3,(H,13,14,15,16)/t7-/m0/s1. The van der Waals surface area contributed by atoms with Crippen molar-refractivity contribution in [3.8, 4) is 11.8 Å². The molecule has 98 valence electrons. The molecule has 0 saturated carbocycles. The van der Waals surface area contributed by atoms with Crippen LogP contribution in [-0.4, -0.2) is 42.7 Å². The number of nitrogens with zero attached hydrogens (tertiary/aromatic N) is 2. The molecule has 1 aromatic rings. The van der Waals surface area contributed by atoms with Gasteiger partial charge < -0.3 is 14.8 Å². The lowest BCUT2D eigenvalue weighted by Crippen LogP contribution is -2.36. The van der Waals surface area contributed by atoms with Gasteiger partial charge in [-0.25, -0.2) is 0 Å². The SMILES string of the molecule is COc1cc(OC)nc(NC(=O)[C@@H]2CCCN2)n1. The van der Waals surface area contributed by atoms with E-state index in [0.29, 0.717) is 11.8 Å². The number of methoxy groups -OCH3 is 2. The van der Waals surface area contributed by atoms with Gasteiger partial charge in [0.05, 0.1) is 26.3 Å². The number of nitrogens with one attached hydrogen (secondary N) is 2. The molecule has 2 N–H and O–H groups in total. The summed E-state index contributed by atoms with van der Waals surface area (Å²) in [5, 5.41) is 5.75. The van der Waals surface area contributed by atoms with Crippen molar-refractivity contribution in [2.45, 2.75) is 18.9 Å². The Morgan fingerprint density at radius 1 is 1.39 bits per heavy atom. The minimum Gasteiger partial charge on any atom is -0.481 e. The summed E-state index contributed by atoms with van der Waals surface area (Å²) in [4.78, 5) is 20.0. The number of hydrogen-bond donors (Lipinski definition) is 2. The molecule has 1 aliphatic heterocycles. The van der Waals surface area contributed by atoms with Gasteiger partial charge in [0.2, 0.25) is 23.6 Å². The molecular formula is C11H16N4O3. The number of hydrogen-bond acceptors (Lipinski definition) is 6. The van der Waals surface area contributed by atoms with Crippen molar-refractivity contribution in [3.05, 3.63) is 6.07 Å². The van der Waals surface area contributed by atoms with Crippen LogP contribution in [0.4, 0.5) is 5.95 Å². The summed E-state index contributed by atoms with van der Waals surface area (Å²) in [5.74, 6) is 0.737. The number of anilines is 1. The summed E-state index contributed by atoms with van der Waals surface area (Å²) in [5.41, 5.74) is 0. The highest BCUT2D eigenvalue weighted by molar-refractivity contribution is 5.93. The minimum absolute atomic E-state index is 0.136. The Kier molecular flexibility index (Phi) is 3.93. The zero-order chi connectivity index (χ0) is 13.0. The van der Waals surface area contributed by atoms with Gasteiger partial charge in [0.1, 0.15) is 0 Å². The second kappa shape index (κ2) is 5.63. The van der Waals surface area contributed by atoms with Crippen LogP contribution in [0.5, 0.6) is 11.8 Å². The van der Waals surface area contributed by atoms with Crippen LogP contribution in [0.2, 0.25) is 0 Å². The highest BCUT2D eigenvalue weighted by atomic mass is 16.5. The fourth-order valence-electron chi connectivity index (χ4n) is 1.77. The van der Waals surface area contributed by atoms with E-state index in [4.69, 9.17) is 9.47 Å². The van der Waals surface area contributed by atoms with Gasteiger partial charge in [-0.05, 0) is 19.4 Å². The van der Waals surface area contributed by atoms with Crippen molar-refractivity contribution in [1.82, 2.24) is 15.3 Å². The molecule has 1 aliphatic rings. The molecule has 1 fully saturated rings. The number of aromatic nitrogens is 2. The van der Waals surface area contributed by atoms with E-state index >= 15 is 0 Å². The fraction of sp³-hybridized carbons (Fsp3) is 0.545. The van der Waals surface area contributed by atoms with Gasteiger partial charge in [0.15, 0.2) is 0 Å². The highest BCUT2D eigenvalue weighted by Gasteiger charge is 2.22. The molecule has 0 spiro atoms. The van der Waals surface area contributed by atoms with Crippen molar-refractivity contribution < 1.29 is 14.3 Å². The number of carbonyl (C=O) groups excluding carboxylic acids is 1. The third-order valence-electron chi connectivity index (χ3n) is 2.71. The molecule has 2 rings (SSSR count). The van der Waals surface area contributed by atoms with E-state index in [2.05, 4.69) is 20.6 Å². The Morgan fingerprint density at radius 3 is 2.56 bits per heavy atom. The second-order valence-electron chi connectivity index (χ2n) is 3.91. The summed E-state index contributed by atoms with van der Waals surface area (Å²) in [6.07, 6.45) is 1.83. The van der Waals surface area contributed by atoms with E-state index in [1.54, 1.807) is 6.07 Å². The fourth-order valence-corrected chi connectivity index (χ4v) is 1.77. The molecule has 7 heteroatoms. The maximum absolute atomic E-state index is 11.9. The molecule has 2 heterocycles. The topological polar surface area (TPSA) is 85.4 Å². The highest BCUT2D eigenvalue weighted by Crippen LogP contribution is 2.17. The van der Waals surface area contributed by atoms with Gasteiger partial charge >= 0.3 is 0 Å². The van der Waals surface area contributed by atoms with Crippen molar-refractivity contribution in [2.24, 2.45) is 0 Å². The van der Waals surface area contributed by atoms with Gasteiger partial charge in [0, 0.05) is 0 Å². The first-order chi connectivity index (χ1) is 8.72. The Hall–Kier alpha value is -1.89. The summed E-state index contributed by atoms with van der Waals surface area (Å²) in [7, 11) is 2.98. The first-order valence-corrected chi connectivity index (χ1v) is 5.74. The van der Waals surface area contributed by atoms with Crippen molar-refractivity contribution in [2.75, 3.05) is 26.1 Å². The van der Waals surface area contributed by atoms with Crippen LogP contribution in [-0.2, 0) is 4.79 Å². The molecule has 7 nitrogen and oxygen atoms in total. The first kappa shape index (κ1) is 12.6. The van der Waals surface area contributed by atoms with E-state index in [0.717, 1.165) is 19.4 Å². The average molecular weight is 252 g/mol. The van der Waals surface area contributed by atoms with Gasteiger partial charge in [-0.15, -0.1) is 0 Å². The maximum atomic E-state index is 11.9. The summed E-state index contributed by atoms with van der Waals surface area (Å²) < 4.78 is 10.0. The van der Waals surface area contributed by atoms with Gasteiger partial charge in [-0.3, -0.25) is 10.1 Å². The minimum atomic E-state index is -0.175. The van der Waals surface area contributed by atoms with E-state index < -0.39 is 0 Å². The van der Waals surface area contributed by atoms with Crippen LogP contribution >= 0.6 is 0 Å². The predicted molar refractivity (Wildman–Crippen MR) is 64.8 cm³/mol. The van der Waals surface area contributed by atoms with Crippen molar-refractivity contribution >= 4 is 11.9 Å². The zero-order valence-electron chi connectivity index (χ0n) is 10.4. The van der Waals surface area contributed by atoms with Crippen LogP contribution in [0.3, 0.4) is 0 Å². The first-order valence-electron chi connectivity index (χ1n) is 5.74. The zero-order valence-corrected chi connectivity index (χ0v) is 10.4. The summed E-state index contributed by atoms with van der Waals surface area (Å²) in [6, 6.07) is 1.37. The van der Waals surface area contributed by atoms with E-state index in [-0.39, 0.29) is 17.9 Å². The normalized spacial score (nSPS) is 18.4. The Balaban J connectivity index is 2.09. The molecule has 0 aromatic carbocycles. The smallest absolute Gasteiger partial charge is 0.243 e. The van der Waals surface area contributed by atoms with E-state index in [1.807, 2.05) is 0 Å². The van der Waals surface area contributed by atoms with Crippen LogP contribution in [0.25, 0.3) is 0 Å². The van der Waals surface area contributed by atoms with Gasteiger partial charge in [-0.1, -0.05) is 0 Å². The molecule has 0 radical (unpaired) electrons. The lowest BCUT2D eigenvalue weighted by molar-refractivity contribution is -0.117. The Labute approximate surface area is 105 Å². The molecule has 0 aliphatic carbocycles. The predicted octanol–water partition coefficient (Wildman–Crippen LogP) is 0.184. The van der Waals surface area contributed by atoms with Crippen LogP contribution in [0.1, 0.15) is 12.8 Å². The number of carbonyl (C=O) groups is 1. The van der Waals surface area contributed by atoms with Gasteiger partial charge in [-0.2, -0.15) is 9.97 Å². The molecule has 1 aromatic heterocycles. The Morgan fingerprint density at radius 2 is 2.06 bits per heavy atom. The number of amides is 1. The molecule has 18 heavy (non-hydrogen) atoms. The molecule has 0 unspecified atom stereocenters. The summed E-state index contributed by atoms with van der Waals surface area (Å²) >= 11 is 0. The third-order valence-corrected chi connectivity index (χ3v) is 2.71. The van der Waals surface area contributed by atoms with Crippen LogP contribution < -0.4 is 20.1 Å². The summed E-state index contributed by atoms with van der Waals surface area (Å²) in [6.45, 7) is 0.861. The van der Waals surface area contributed by atoms with Crippen LogP contribution in [0, 0.1) is 0 Å². The van der Waals surface area contributed by atoms with E-state index in [9.17, 15) is 4.79 Å². The Bertz CT molecular complexity index is 410. The number of rotatable bonds is 4. The lowest BCUT2D eigenvalue weighted by Gasteiger charge is -2.11. The van der Waals surface area contributed by atoms with Crippen LogP contribution in [0.15, 0.2) is 6.07 Å². The maximum Gasteiger partial charge on any atom is 0.243 e. The monoisotopic (exact) mass is 252 g/mol. The molecule has 0 bridgehead atoms. The van der Waals surface area contributed by atoms with Crippen molar-refractivity contribution in [3.63, 3.8) is 0 Å². The molecular weight excluding hydrogens is 236 g/mol. The second-order valence-corrected chi connectivity index (χ2v) is 3.91. The third kappa shape index (κ3) is 2.86. The largest absolute Gasteiger partial charge is 0.481 e. The molecule has 1 amide bonds. The molecule has 1 atom stereocenters.